The highest BCUT2D eigenvalue weighted by molar-refractivity contribution is 5.68. The van der Waals surface area contributed by atoms with Crippen molar-refractivity contribution >= 4 is 23.5 Å². The molecule has 2 aromatic rings. The van der Waals surface area contributed by atoms with Gasteiger partial charge in [-0.25, -0.2) is 4.79 Å². The number of nitrogens with one attached hydrogen (secondary N) is 1. The summed E-state index contributed by atoms with van der Waals surface area (Å²) in [5.74, 6) is 1.96. The molecule has 0 spiro atoms. The molecule has 0 unspecified atom stereocenters. The highest BCUT2D eigenvalue weighted by Gasteiger charge is 2.23. The van der Waals surface area contributed by atoms with Crippen LogP contribution in [0, 0.1) is 0 Å². The third-order valence-corrected chi connectivity index (χ3v) is 4.13. The van der Waals surface area contributed by atoms with Crippen LogP contribution in [0.4, 0.5) is 22.2 Å². The first kappa shape index (κ1) is 19.7. The number of anilines is 3. The lowest BCUT2D eigenvalue weighted by Crippen LogP contribution is -2.49. The van der Waals surface area contributed by atoms with E-state index < -0.39 is 0 Å². The molecular formula is C19H26N6O3. The van der Waals surface area contributed by atoms with Crippen molar-refractivity contribution in [1.82, 2.24) is 20.1 Å². The van der Waals surface area contributed by atoms with Gasteiger partial charge in [0.15, 0.2) is 5.82 Å². The summed E-state index contributed by atoms with van der Waals surface area (Å²) in [6.45, 7) is 8.56. The van der Waals surface area contributed by atoms with Gasteiger partial charge >= 0.3 is 6.09 Å². The molecule has 0 aliphatic carbocycles. The number of ether oxygens (including phenoxy) is 2. The normalized spacial score (nSPS) is 14.1. The minimum absolute atomic E-state index is 0.136. The van der Waals surface area contributed by atoms with Gasteiger partial charge in [-0.2, -0.15) is 10.1 Å². The maximum atomic E-state index is 11.8. The van der Waals surface area contributed by atoms with E-state index in [-0.39, 0.29) is 12.2 Å². The van der Waals surface area contributed by atoms with E-state index in [0.29, 0.717) is 44.6 Å². The Morgan fingerprint density at radius 3 is 2.54 bits per heavy atom. The Balaban J connectivity index is 1.59. The molecule has 1 aliphatic rings. The van der Waals surface area contributed by atoms with Gasteiger partial charge < -0.3 is 24.6 Å². The first-order valence-electron chi connectivity index (χ1n) is 9.45. The van der Waals surface area contributed by atoms with Crippen LogP contribution in [0.15, 0.2) is 30.5 Å². The third-order valence-electron chi connectivity index (χ3n) is 4.13. The average molecular weight is 386 g/mol. The lowest BCUT2D eigenvalue weighted by atomic mass is 10.3. The van der Waals surface area contributed by atoms with E-state index in [1.165, 1.54) is 0 Å². The van der Waals surface area contributed by atoms with Gasteiger partial charge in [0, 0.05) is 31.9 Å². The van der Waals surface area contributed by atoms with Crippen LogP contribution in [0.25, 0.3) is 0 Å². The first-order valence-corrected chi connectivity index (χ1v) is 9.45. The molecule has 1 N–H and O–H groups in total. The molecular weight excluding hydrogens is 360 g/mol. The standard InChI is InChI=1S/C19H26N6O3/c1-4-27-19(26)25-11-9-24(10-12-25)18-22-17(13-20-23-18)21-15-5-7-16(8-6-15)28-14(2)3/h5-8,13-14H,4,9-12H2,1-3H3,(H,21,22,23). The summed E-state index contributed by atoms with van der Waals surface area (Å²) in [5, 5.41) is 11.4. The van der Waals surface area contributed by atoms with E-state index in [1.807, 2.05) is 43.0 Å². The molecule has 0 bridgehead atoms. The van der Waals surface area contributed by atoms with Crippen molar-refractivity contribution in [3.05, 3.63) is 30.5 Å². The number of aromatic nitrogens is 3. The maximum Gasteiger partial charge on any atom is 0.409 e. The van der Waals surface area contributed by atoms with Crippen LogP contribution in [-0.2, 0) is 4.74 Å². The minimum Gasteiger partial charge on any atom is -0.491 e. The van der Waals surface area contributed by atoms with Crippen molar-refractivity contribution in [2.45, 2.75) is 26.9 Å². The molecule has 150 valence electrons. The second-order valence-corrected chi connectivity index (χ2v) is 6.63. The Bertz CT molecular complexity index is 775. The van der Waals surface area contributed by atoms with Crippen molar-refractivity contribution in [2.75, 3.05) is 43.0 Å². The van der Waals surface area contributed by atoms with Crippen molar-refractivity contribution in [2.24, 2.45) is 0 Å². The third kappa shape index (κ3) is 5.21. The van der Waals surface area contributed by atoms with E-state index in [9.17, 15) is 4.79 Å². The fourth-order valence-electron chi connectivity index (χ4n) is 2.83. The van der Waals surface area contributed by atoms with Crippen LogP contribution in [0.5, 0.6) is 5.75 Å². The number of carbonyl (C=O) groups is 1. The van der Waals surface area contributed by atoms with E-state index in [4.69, 9.17) is 9.47 Å². The summed E-state index contributed by atoms with van der Waals surface area (Å²) in [7, 11) is 0. The summed E-state index contributed by atoms with van der Waals surface area (Å²) in [6, 6.07) is 7.67. The Hall–Kier alpha value is -3.10. The Kier molecular flexibility index (Phi) is 6.46. The number of nitrogens with zero attached hydrogens (tertiary/aromatic N) is 5. The molecule has 9 nitrogen and oxygen atoms in total. The predicted molar refractivity (Wildman–Crippen MR) is 106 cm³/mol. The molecule has 2 heterocycles. The quantitative estimate of drug-likeness (QED) is 0.810. The smallest absolute Gasteiger partial charge is 0.409 e. The van der Waals surface area contributed by atoms with Crippen LogP contribution in [0.1, 0.15) is 20.8 Å². The minimum atomic E-state index is -0.276. The molecule has 1 amide bonds. The number of amides is 1. The number of carbonyl (C=O) groups excluding carboxylic acids is 1. The zero-order valence-corrected chi connectivity index (χ0v) is 16.5. The molecule has 1 aliphatic heterocycles. The van der Waals surface area contributed by atoms with E-state index in [0.717, 1.165) is 11.4 Å². The van der Waals surface area contributed by atoms with Gasteiger partial charge in [0.05, 0.1) is 18.9 Å². The molecule has 1 saturated heterocycles. The van der Waals surface area contributed by atoms with Crippen LogP contribution < -0.4 is 15.0 Å². The van der Waals surface area contributed by atoms with Gasteiger partial charge in [0.2, 0.25) is 5.95 Å². The number of hydrogen-bond donors (Lipinski definition) is 1. The second-order valence-electron chi connectivity index (χ2n) is 6.63. The zero-order chi connectivity index (χ0) is 19.9. The van der Waals surface area contributed by atoms with Crippen LogP contribution in [-0.4, -0.2) is 65.1 Å². The summed E-state index contributed by atoms with van der Waals surface area (Å²) in [5.41, 5.74) is 0.884. The monoisotopic (exact) mass is 386 g/mol. The van der Waals surface area contributed by atoms with Gasteiger partial charge in [-0.15, -0.1) is 5.10 Å². The summed E-state index contributed by atoms with van der Waals surface area (Å²) >= 11 is 0. The Labute approximate surface area is 164 Å². The molecule has 9 heteroatoms. The molecule has 1 aromatic carbocycles. The Morgan fingerprint density at radius 1 is 1.18 bits per heavy atom. The second kappa shape index (κ2) is 9.20. The highest BCUT2D eigenvalue weighted by atomic mass is 16.6. The predicted octanol–water partition coefficient (Wildman–Crippen LogP) is 2.68. The van der Waals surface area contributed by atoms with Crippen LogP contribution >= 0.6 is 0 Å². The largest absolute Gasteiger partial charge is 0.491 e. The summed E-state index contributed by atoms with van der Waals surface area (Å²) in [6.07, 6.45) is 1.44. The molecule has 0 atom stereocenters. The Morgan fingerprint density at radius 2 is 1.89 bits per heavy atom. The first-order chi connectivity index (χ1) is 13.5. The molecule has 28 heavy (non-hydrogen) atoms. The maximum absolute atomic E-state index is 11.8. The van der Waals surface area contributed by atoms with Gasteiger partial charge in [-0.1, -0.05) is 0 Å². The number of hydrogen-bond acceptors (Lipinski definition) is 8. The SMILES string of the molecule is CCOC(=O)N1CCN(c2nncc(Nc3ccc(OC(C)C)cc3)n2)CC1. The van der Waals surface area contributed by atoms with Crippen molar-refractivity contribution in [3.8, 4) is 5.75 Å². The summed E-state index contributed by atoms with van der Waals surface area (Å²) < 4.78 is 10.7. The highest BCUT2D eigenvalue weighted by Crippen LogP contribution is 2.20. The topological polar surface area (TPSA) is 92.7 Å². The molecule has 3 rings (SSSR count). The van der Waals surface area contributed by atoms with Crippen molar-refractivity contribution in [3.63, 3.8) is 0 Å². The lowest BCUT2D eigenvalue weighted by Gasteiger charge is -2.33. The molecule has 0 saturated carbocycles. The van der Waals surface area contributed by atoms with Crippen LogP contribution in [0.2, 0.25) is 0 Å². The van der Waals surface area contributed by atoms with Crippen LogP contribution in [0.3, 0.4) is 0 Å². The number of rotatable bonds is 6. The van der Waals surface area contributed by atoms with Crippen molar-refractivity contribution in [1.29, 1.82) is 0 Å². The molecule has 1 fully saturated rings. The zero-order valence-electron chi connectivity index (χ0n) is 16.5. The average Bonchev–Trinajstić information content (AvgIpc) is 2.70. The van der Waals surface area contributed by atoms with Gasteiger partial charge in [0.1, 0.15) is 5.75 Å². The molecule has 1 aromatic heterocycles. The van der Waals surface area contributed by atoms with Gasteiger partial charge in [-0.3, -0.25) is 0 Å². The number of benzene rings is 1. The van der Waals surface area contributed by atoms with Crippen molar-refractivity contribution < 1.29 is 14.3 Å². The summed E-state index contributed by atoms with van der Waals surface area (Å²) in [4.78, 5) is 20.0. The van der Waals surface area contributed by atoms with Gasteiger partial charge in [-0.05, 0) is 45.0 Å². The van der Waals surface area contributed by atoms with E-state index >= 15 is 0 Å². The fourth-order valence-corrected chi connectivity index (χ4v) is 2.83. The van der Waals surface area contributed by atoms with E-state index in [2.05, 4.69) is 20.5 Å². The fraction of sp³-hybridized carbons (Fsp3) is 0.474. The number of piperazine rings is 1. The van der Waals surface area contributed by atoms with E-state index in [1.54, 1.807) is 18.0 Å². The molecule has 0 radical (unpaired) electrons. The lowest BCUT2D eigenvalue weighted by molar-refractivity contribution is 0.105. The van der Waals surface area contributed by atoms with Gasteiger partial charge in [0.25, 0.3) is 0 Å².